The molecule has 0 saturated heterocycles. The number of hydrogen-bond donors (Lipinski definition) is 1. The van der Waals surface area contributed by atoms with E-state index in [0.717, 1.165) is 24.9 Å². The van der Waals surface area contributed by atoms with Gasteiger partial charge in [0.1, 0.15) is 0 Å². The number of nitrogens with zero attached hydrogens (tertiary/aromatic N) is 1. The molecule has 1 aromatic rings. The lowest BCUT2D eigenvalue weighted by Gasteiger charge is -2.37. The van der Waals surface area contributed by atoms with Gasteiger partial charge >= 0.3 is 0 Å². The molecule has 0 aliphatic heterocycles. The summed E-state index contributed by atoms with van der Waals surface area (Å²) >= 11 is 0. The minimum atomic E-state index is -0.502. The third kappa shape index (κ3) is 2.98. The van der Waals surface area contributed by atoms with Crippen molar-refractivity contribution >= 4 is 5.91 Å². The Labute approximate surface area is 115 Å². The van der Waals surface area contributed by atoms with Gasteiger partial charge in [-0.1, -0.05) is 30.3 Å². The van der Waals surface area contributed by atoms with Crippen LogP contribution in [0.15, 0.2) is 30.3 Å². The quantitative estimate of drug-likeness (QED) is 0.902. The fourth-order valence-electron chi connectivity index (χ4n) is 2.78. The number of benzene rings is 1. The van der Waals surface area contributed by atoms with Gasteiger partial charge in [-0.15, -0.1) is 0 Å². The molecule has 3 nitrogen and oxygen atoms in total. The normalized spacial score (nSPS) is 22.7. The maximum Gasteiger partial charge on any atom is 0.232 e. The lowest BCUT2D eigenvalue weighted by atomic mass is 9.80. The van der Waals surface area contributed by atoms with Crippen LogP contribution in [0.25, 0.3) is 0 Å². The molecule has 0 radical (unpaired) electrons. The van der Waals surface area contributed by atoms with Crippen LogP contribution in [0.1, 0.15) is 32.3 Å². The third-order valence-electron chi connectivity index (χ3n) is 4.12. The fraction of sp³-hybridized carbons (Fsp3) is 0.562. The van der Waals surface area contributed by atoms with Gasteiger partial charge in [0.15, 0.2) is 0 Å². The molecule has 1 amide bonds. The van der Waals surface area contributed by atoms with Crippen LogP contribution in [0.5, 0.6) is 0 Å². The first-order valence-electron chi connectivity index (χ1n) is 6.90. The number of aliphatic hydroxyl groups excluding tert-OH is 1. The highest BCUT2D eigenvalue weighted by atomic mass is 16.3. The van der Waals surface area contributed by atoms with Crippen LogP contribution < -0.4 is 0 Å². The highest BCUT2D eigenvalue weighted by molar-refractivity contribution is 5.87. The van der Waals surface area contributed by atoms with Crippen LogP contribution in [0.4, 0.5) is 0 Å². The van der Waals surface area contributed by atoms with Crippen LogP contribution in [0.3, 0.4) is 0 Å². The average molecular weight is 261 g/mol. The van der Waals surface area contributed by atoms with Crippen LogP contribution in [-0.2, 0) is 10.2 Å². The third-order valence-corrected chi connectivity index (χ3v) is 4.12. The van der Waals surface area contributed by atoms with Crippen molar-refractivity contribution in [1.82, 2.24) is 4.90 Å². The van der Waals surface area contributed by atoms with E-state index in [4.69, 9.17) is 0 Å². The average Bonchev–Trinajstić information content (AvgIpc) is 2.37. The van der Waals surface area contributed by atoms with E-state index in [1.54, 1.807) is 0 Å². The van der Waals surface area contributed by atoms with Crippen molar-refractivity contribution < 1.29 is 9.90 Å². The van der Waals surface area contributed by atoms with Crippen molar-refractivity contribution in [2.45, 2.75) is 38.2 Å². The summed E-state index contributed by atoms with van der Waals surface area (Å²) in [7, 11) is 1.86. The second-order valence-electron chi connectivity index (χ2n) is 6.17. The highest BCUT2D eigenvalue weighted by Gasteiger charge is 2.35. The Morgan fingerprint density at radius 2 is 1.89 bits per heavy atom. The molecule has 0 spiro atoms. The van der Waals surface area contributed by atoms with E-state index < -0.39 is 5.41 Å². The summed E-state index contributed by atoms with van der Waals surface area (Å²) in [6, 6.07) is 9.89. The molecule has 1 aliphatic rings. The monoisotopic (exact) mass is 261 g/mol. The Hall–Kier alpha value is -1.35. The number of amides is 1. The summed E-state index contributed by atoms with van der Waals surface area (Å²) in [5, 5.41) is 9.30. The maximum atomic E-state index is 12.6. The van der Waals surface area contributed by atoms with Gasteiger partial charge in [0, 0.05) is 13.6 Å². The molecule has 0 unspecified atom stereocenters. The Morgan fingerprint density at radius 3 is 2.42 bits per heavy atom. The summed E-state index contributed by atoms with van der Waals surface area (Å²) in [6.45, 7) is 4.68. The number of rotatable bonds is 4. The number of hydrogen-bond acceptors (Lipinski definition) is 2. The summed E-state index contributed by atoms with van der Waals surface area (Å²) in [4.78, 5) is 14.4. The van der Waals surface area contributed by atoms with Crippen LogP contribution in [0, 0.1) is 5.92 Å². The van der Waals surface area contributed by atoms with E-state index in [0.29, 0.717) is 5.92 Å². The maximum absolute atomic E-state index is 12.6. The Kier molecular flexibility index (Phi) is 3.95. The van der Waals surface area contributed by atoms with Crippen LogP contribution in [-0.4, -0.2) is 35.6 Å². The van der Waals surface area contributed by atoms with Crippen LogP contribution in [0.2, 0.25) is 0 Å². The summed E-state index contributed by atoms with van der Waals surface area (Å²) < 4.78 is 0. The first-order chi connectivity index (χ1) is 8.91. The van der Waals surface area contributed by atoms with E-state index in [1.807, 2.05) is 56.1 Å². The van der Waals surface area contributed by atoms with E-state index in [1.165, 1.54) is 0 Å². The topological polar surface area (TPSA) is 40.5 Å². The van der Waals surface area contributed by atoms with Crippen LogP contribution >= 0.6 is 0 Å². The molecular formula is C16H23NO2. The number of likely N-dealkylation sites (N-methyl/N-ethyl adjacent to an activating group) is 1. The van der Waals surface area contributed by atoms with Crippen molar-refractivity contribution in [3.05, 3.63) is 35.9 Å². The molecule has 1 aliphatic carbocycles. The molecule has 0 aromatic heterocycles. The number of carbonyl (C=O) groups excluding carboxylic acids is 1. The minimum Gasteiger partial charge on any atom is -0.393 e. The lowest BCUT2D eigenvalue weighted by molar-refractivity contribution is -0.136. The zero-order chi connectivity index (χ0) is 14.0. The van der Waals surface area contributed by atoms with Crippen molar-refractivity contribution in [2.24, 2.45) is 5.92 Å². The molecule has 2 rings (SSSR count). The molecule has 104 valence electrons. The lowest BCUT2D eigenvalue weighted by Crippen LogP contribution is -2.46. The smallest absolute Gasteiger partial charge is 0.232 e. The van der Waals surface area contributed by atoms with Gasteiger partial charge in [0.2, 0.25) is 5.91 Å². The second-order valence-corrected chi connectivity index (χ2v) is 6.17. The molecule has 0 bridgehead atoms. The van der Waals surface area contributed by atoms with Crippen molar-refractivity contribution in [1.29, 1.82) is 0 Å². The van der Waals surface area contributed by atoms with E-state index >= 15 is 0 Å². The molecule has 1 fully saturated rings. The van der Waals surface area contributed by atoms with E-state index in [9.17, 15) is 9.90 Å². The summed E-state index contributed by atoms with van der Waals surface area (Å²) in [5.41, 5.74) is 0.541. The van der Waals surface area contributed by atoms with Gasteiger partial charge in [0.05, 0.1) is 11.5 Å². The van der Waals surface area contributed by atoms with Crippen molar-refractivity contribution in [3.8, 4) is 0 Å². The first kappa shape index (κ1) is 14.1. The molecule has 19 heavy (non-hydrogen) atoms. The largest absolute Gasteiger partial charge is 0.393 e. The first-order valence-corrected chi connectivity index (χ1v) is 6.90. The van der Waals surface area contributed by atoms with Crippen molar-refractivity contribution in [3.63, 3.8) is 0 Å². The highest BCUT2D eigenvalue weighted by Crippen LogP contribution is 2.30. The molecule has 1 N–H and O–H groups in total. The zero-order valence-corrected chi connectivity index (χ0v) is 12.0. The van der Waals surface area contributed by atoms with Gasteiger partial charge < -0.3 is 10.0 Å². The number of aliphatic hydroxyl groups is 1. The van der Waals surface area contributed by atoms with Gasteiger partial charge in [-0.25, -0.2) is 0 Å². The standard InChI is InChI=1S/C16H23NO2/c1-16(2,13-7-5-4-6-8-13)15(19)17(3)11-12-9-14(18)10-12/h4-8,12,14,18H,9-11H2,1-3H3. The van der Waals surface area contributed by atoms with E-state index in [-0.39, 0.29) is 12.0 Å². The molecule has 0 heterocycles. The SMILES string of the molecule is CN(CC1CC(O)C1)C(=O)C(C)(C)c1ccccc1. The Bertz CT molecular complexity index is 435. The van der Waals surface area contributed by atoms with Gasteiger partial charge in [-0.05, 0) is 38.2 Å². The molecular weight excluding hydrogens is 238 g/mol. The fourth-order valence-corrected chi connectivity index (χ4v) is 2.78. The van der Waals surface area contributed by atoms with Gasteiger partial charge in [-0.2, -0.15) is 0 Å². The zero-order valence-electron chi connectivity index (χ0n) is 12.0. The van der Waals surface area contributed by atoms with Gasteiger partial charge in [-0.3, -0.25) is 4.79 Å². The minimum absolute atomic E-state index is 0.139. The van der Waals surface area contributed by atoms with Gasteiger partial charge in [0.25, 0.3) is 0 Å². The molecule has 1 aromatic carbocycles. The molecule has 3 heteroatoms. The molecule has 0 atom stereocenters. The summed E-state index contributed by atoms with van der Waals surface area (Å²) in [6.07, 6.45) is 1.49. The second kappa shape index (κ2) is 5.33. The predicted molar refractivity (Wildman–Crippen MR) is 75.8 cm³/mol. The Balaban J connectivity index is 2.01. The Morgan fingerprint density at radius 1 is 1.32 bits per heavy atom. The number of carbonyl (C=O) groups is 1. The predicted octanol–water partition coefficient (Wildman–Crippen LogP) is 2.19. The van der Waals surface area contributed by atoms with E-state index in [2.05, 4.69) is 0 Å². The summed E-state index contributed by atoms with van der Waals surface area (Å²) in [5.74, 6) is 0.593. The van der Waals surface area contributed by atoms with Crippen molar-refractivity contribution in [2.75, 3.05) is 13.6 Å². The molecule has 1 saturated carbocycles.